The van der Waals surface area contributed by atoms with E-state index in [0.29, 0.717) is 18.7 Å². The molecule has 1 aliphatic heterocycles. The first kappa shape index (κ1) is 16.9. The smallest absolute Gasteiger partial charge is 0.220 e. The topological polar surface area (TPSA) is 67.6 Å². The van der Waals surface area contributed by atoms with Crippen LogP contribution in [-0.4, -0.2) is 54.7 Å². The van der Waals surface area contributed by atoms with E-state index < -0.39 is 0 Å². The van der Waals surface area contributed by atoms with Crippen LogP contribution < -0.4 is 5.32 Å². The third-order valence-corrected chi connectivity index (χ3v) is 4.18. The molecule has 0 radical (unpaired) electrons. The number of rotatable bonds is 7. The summed E-state index contributed by atoms with van der Waals surface area (Å²) >= 11 is 0. The van der Waals surface area contributed by atoms with E-state index in [-0.39, 0.29) is 11.9 Å². The summed E-state index contributed by atoms with van der Waals surface area (Å²) in [5.41, 5.74) is 1.67. The molecule has 0 bridgehead atoms. The zero-order chi connectivity index (χ0) is 16.8. The fraction of sp³-hybridized carbons (Fsp3) is 0.556. The third kappa shape index (κ3) is 4.79. The Bertz CT molecular complexity index is 631. The highest BCUT2D eigenvalue weighted by atomic mass is 16.5. The van der Waals surface area contributed by atoms with Gasteiger partial charge in [-0.3, -0.25) is 9.69 Å². The standard InChI is InChI=1S/C18H25N3O3/c1-14(13-21-9-11-23-12-10-21)19-17(22)7-4-8-18-20-15-5-2-3-6-16(15)24-18/h2-3,5-6,14H,4,7-13H2,1H3,(H,19,22). The van der Waals surface area contributed by atoms with Gasteiger partial charge in [-0.05, 0) is 25.5 Å². The van der Waals surface area contributed by atoms with Crippen molar-refractivity contribution in [1.82, 2.24) is 15.2 Å². The van der Waals surface area contributed by atoms with E-state index in [2.05, 4.69) is 15.2 Å². The lowest BCUT2D eigenvalue weighted by molar-refractivity contribution is -0.122. The molecule has 1 aromatic carbocycles. The summed E-state index contributed by atoms with van der Waals surface area (Å²) in [7, 11) is 0. The van der Waals surface area contributed by atoms with E-state index in [0.717, 1.165) is 50.4 Å². The summed E-state index contributed by atoms with van der Waals surface area (Å²) in [5.74, 6) is 0.789. The number of carbonyl (C=O) groups excluding carboxylic acids is 1. The molecule has 2 heterocycles. The molecule has 1 unspecified atom stereocenters. The van der Waals surface area contributed by atoms with Gasteiger partial charge < -0.3 is 14.5 Å². The van der Waals surface area contributed by atoms with Crippen LogP contribution in [0.25, 0.3) is 11.1 Å². The summed E-state index contributed by atoms with van der Waals surface area (Å²) in [6.45, 7) is 6.38. The Morgan fingerprint density at radius 2 is 2.12 bits per heavy atom. The van der Waals surface area contributed by atoms with E-state index in [1.54, 1.807) is 0 Å². The van der Waals surface area contributed by atoms with Crippen LogP contribution in [-0.2, 0) is 16.0 Å². The molecule has 1 atom stereocenters. The van der Waals surface area contributed by atoms with Crippen LogP contribution in [0.4, 0.5) is 0 Å². The second kappa shape index (κ2) is 8.26. The maximum absolute atomic E-state index is 12.1. The number of hydrogen-bond donors (Lipinski definition) is 1. The van der Waals surface area contributed by atoms with Gasteiger partial charge in [0.15, 0.2) is 11.5 Å². The first-order valence-corrected chi connectivity index (χ1v) is 8.64. The van der Waals surface area contributed by atoms with Gasteiger partial charge in [0.2, 0.25) is 5.91 Å². The molecule has 6 heteroatoms. The molecule has 3 rings (SSSR count). The molecule has 0 spiro atoms. The average molecular weight is 331 g/mol. The van der Waals surface area contributed by atoms with Crippen molar-refractivity contribution in [3.05, 3.63) is 30.2 Å². The minimum Gasteiger partial charge on any atom is -0.441 e. The molecule has 2 aromatic rings. The maximum atomic E-state index is 12.1. The van der Waals surface area contributed by atoms with Gasteiger partial charge in [-0.25, -0.2) is 4.98 Å². The van der Waals surface area contributed by atoms with Crippen LogP contribution in [0.2, 0.25) is 0 Å². The molecular weight excluding hydrogens is 306 g/mol. The number of carbonyl (C=O) groups is 1. The fourth-order valence-corrected chi connectivity index (χ4v) is 2.99. The maximum Gasteiger partial charge on any atom is 0.220 e. The van der Waals surface area contributed by atoms with Crippen molar-refractivity contribution >= 4 is 17.0 Å². The van der Waals surface area contributed by atoms with Crippen molar-refractivity contribution in [2.45, 2.75) is 32.2 Å². The lowest BCUT2D eigenvalue weighted by Gasteiger charge is -2.29. The van der Waals surface area contributed by atoms with Crippen molar-refractivity contribution in [2.24, 2.45) is 0 Å². The van der Waals surface area contributed by atoms with E-state index in [9.17, 15) is 4.79 Å². The molecule has 1 aliphatic rings. The van der Waals surface area contributed by atoms with Crippen LogP contribution in [0.1, 0.15) is 25.7 Å². The Hall–Kier alpha value is -1.92. The van der Waals surface area contributed by atoms with Gasteiger partial charge in [0.25, 0.3) is 0 Å². The predicted octanol–water partition coefficient (Wildman–Crippen LogP) is 1.99. The molecule has 0 saturated carbocycles. The Kier molecular flexibility index (Phi) is 5.82. The highest BCUT2D eigenvalue weighted by molar-refractivity contribution is 5.76. The molecular formula is C18H25N3O3. The number of hydrogen-bond acceptors (Lipinski definition) is 5. The molecule has 1 amide bonds. The zero-order valence-electron chi connectivity index (χ0n) is 14.2. The van der Waals surface area contributed by atoms with Gasteiger partial charge in [0.1, 0.15) is 5.52 Å². The SMILES string of the molecule is CC(CN1CCOCC1)NC(=O)CCCc1nc2ccccc2o1. The Morgan fingerprint density at radius 3 is 2.92 bits per heavy atom. The molecule has 1 fully saturated rings. The largest absolute Gasteiger partial charge is 0.441 e. The molecule has 1 saturated heterocycles. The number of nitrogens with one attached hydrogen (secondary N) is 1. The number of morpholine rings is 1. The Morgan fingerprint density at radius 1 is 1.33 bits per heavy atom. The number of fused-ring (bicyclic) bond motifs is 1. The van der Waals surface area contributed by atoms with Crippen molar-refractivity contribution in [3.63, 3.8) is 0 Å². The van der Waals surface area contributed by atoms with E-state index in [4.69, 9.17) is 9.15 Å². The number of amides is 1. The molecule has 130 valence electrons. The zero-order valence-corrected chi connectivity index (χ0v) is 14.2. The number of aromatic nitrogens is 1. The van der Waals surface area contributed by atoms with Crippen LogP contribution in [0, 0.1) is 0 Å². The number of para-hydroxylation sites is 2. The summed E-state index contributed by atoms with van der Waals surface area (Å²) in [6, 6.07) is 7.87. The van der Waals surface area contributed by atoms with Gasteiger partial charge in [0, 0.05) is 38.5 Å². The van der Waals surface area contributed by atoms with Crippen LogP contribution >= 0.6 is 0 Å². The van der Waals surface area contributed by atoms with Crippen LogP contribution in [0.3, 0.4) is 0 Å². The highest BCUT2D eigenvalue weighted by Gasteiger charge is 2.15. The number of oxazole rings is 1. The lowest BCUT2D eigenvalue weighted by Crippen LogP contribution is -2.45. The first-order chi connectivity index (χ1) is 11.7. The predicted molar refractivity (Wildman–Crippen MR) is 91.8 cm³/mol. The minimum atomic E-state index is 0.0897. The number of aryl methyl sites for hydroxylation is 1. The molecule has 1 aromatic heterocycles. The molecule has 24 heavy (non-hydrogen) atoms. The highest BCUT2D eigenvalue weighted by Crippen LogP contribution is 2.16. The first-order valence-electron chi connectivity index (χ1n) is 8.64. The van der Waals surface area contributed by atoms with E-state index in [1.807, 2.05) is 31.2 Å². The fourth-order valence-electron chi connectivity index (χ4n) is 2.99. The van der Waals surface area contributed by atoms with Crippen LogP contribution in [0.5, 0.6) is 0 Å². The molecule has 6 nitrogen and oxygen atoms in total. The summed E-state index contributed by atoms with van der Waals surface area (Å²) in [4.78, 5) is 18.8. The molecule has 0 aliphatic carbocycles. The van der Waals surface area contributed by atoms with Gasteiger partial charge in [-0.1, -0.05) is 12.1 Å². The number of nitrogens with zero attached hydrogens (tertiary/aromatic N) is 2. The summed E-state index contributed by atoms with van der Waals surface area (Å²) in [6.07, 6.45) is 1.91. The lowest BCUT2D eigenvalue weighted by atomic mass is 10.2. The normalized spacial score (nSPS) is 17.0. The quantitative estimate of drug-likeness (QED) is 0.840. The van der Waals surface area contributed by atoms with Crippen LogP contribution in [0.15, 0.2) is 28.7 Å². The second-order valence-electron chi connectivity index (χ2n) is 6.31. The van der Waals surface area contributed by atoms with Crippen molar-refractivity contribution in [3.8, 4) is 0 Å². The van der Waals surface area contributed by atoms with E-state index in [1.165, 1.54) is 0 Å². The summed E-state index contributed by atoms with van der Waals surface area (Å²) < 4.78 is 11.0. The van der Waals surface area contributed by atoms with Crippen molar-refractivity contribution in [2.75, 3.05) is 32.8 Å². The summed E-state index contributed by atoms with van der Waals surface area (Å²) in [5, 5.41) is 3.07. The van der Waals surface area contributed by atoms with Gasteiger partial charge >= 0.3 is 0 Å². The van der Waals surface area contributed by atoms with E-state index >= 15 is 0 Å². The van der Waals surface area contributed by atoms with Crippen molar-refractivity contribution < 1.29 is 13.9 Å². The number of ether oxygens (including phenoxy) is 1. The van der Waals surface area contributed by atoms with Gasteiger partial charge in [-0.2, -0.15) is 0 Å². The van der Waals surface area contributed by atoms with Crippen molar-refractivity contribution in [1.29, 1.82) is 0 Å². The average Bonchev–Trinajstić information content (AvgIpc) is 2.98. The third-order valence-electron chi connectivity index (χ3n) is 4.18. The number of benzene rings is 1. The monoisotopic (exact) mass is 331 g/mol. The minimum absolute atomic E-state index is 0.0897. The Labute approximate surface area is 142 Å². The molecule has 1 N–H and O–H groups in total. The van der Waals surface area contributed by atoms with Gasteiger partial charge in [-0.15, -0.1) is 0 Å². The second-order valence-corrected chi connectivity index (χ2v) is 6.31. The van der Waals surface area contributed by atoms with Gasteiger partial charge in [0.05, 0.1) is 13.2 Å². The Balaban J connectivity index is 1.37.